The Balaban J connectivity index is 1.53. The molecule has 0 spiro atoms. The molecule has 0 aliphatic heterocycles. The molecule has 3 rings (SSSR count). The van der Waals surface area contributed by atoms with Crippen LogP contribution in [0.4, 0.5) is 5.69 Å². The van der Waals surface area contributed by atoms with Crippen LogP contribution in [0, 0.1) is 6.92 Å². The van der Waals surface area contributed by atoms with Crippen LogP contribution < -0.4 is 15.4 Å². The topological polar surface area (TPSA) is 50.4 Å². The molecule has 0 aliphatic carbocycles. The Morgan fingerprint density at radius 3 is 2.41 bits per heavy atom. The molecule has 0 saturated carbocycles. The zero-order chi connectivity index (χ0) is 20.5. The van der Waals surface area contributed by atoms with Gasteiger partial charge in [0.25, 0.3) is 5.91 Å². The van der Waals surface area contributed by atoms with Gasteiger partial charge in [-0.2, -0.15) is 0 Å². The lowest BCUT2D eigenvalue weighted by Crippen LogP contribution is -2.34. The van der Waals surface area contributed by atoms with Crippen LogP contribution in [0.3, 0.4) is 0 Å². The lowest BCUT2D eigenvalue weighted by atomic mass is 10.1. The van der Waals surface area contributed by atoms with Crippen molar-refractivity contribution in [2.75, 3.05) is 11.9 Å². The van der Waals surface area contributed by atoms with Crippen molar-refractivity contribution in [3.8, 4) is 5.75 Å². The zero-order valence-electron chi connectivity index (χ0n) is 16.4. The lowest BCUT2D eigenvalue weighted by Gasteiger charge is -2.15. The Labute approximate surface area is 176 Å². The number of para-hydroxylation sites is 2. The van der Waals surface area contributed by atoms with Crippen molar-refractivity contribution >= 4 is 28.9 Å². The number of benzene rings is 3. The first-order valence-electron chi connectivity index (χ1n) is 9.57. The molecule has 0 radical (unpaired) electrons. The van der Waals surface area contributed by atoms with Crippen molar-refractivity contribution in [2.24, 2.45) is 0 Å². The maximum Gasteiger partial charge on any atom is 0.257 e. The number of hydrogen-bond acceptors (Lipinski definition) is 3. The van der Waals surface area contributed by atoms with Gasteiger partial charge < -0.3 is 10.1 Å². The molecular formula is C24H24N2O2S. The monoisotopic (exact) mass is 404 g/mol. The normalized spacial score (nSPS) is 10.2. The molecule has 148 valence electrons. The molecule has 0 atom stereocenters. The highest BCUT2D eigenvalue weighted by atomic mass is 32.1. The van der Waals surface area contributed by atoms with E-state index in [0.717, 1.165) is 24.1 Å². The average Bonchev–Trinajstić information content (AvgIpc) is 2.73. The van der Waals surface area contributed by atoms with Crippen LogP contribution in [-0.2, 0) is 6.42 Å². The molecule has 0 aliphatic rings. The molecule has 4 nitrogen and oxygen atoms in total. The van der Waals surface area contributed by atoms with Gasteiger partial charge in [-0.05, 0) is 61.3 Å². The van der Waals surface area contributed by atoms with Crippen LogP contribution in [0.2, 0.25) is 0 Å². The summed E-state index contributed by atoms with van der Waals surface area (Å²) in [4.78, 5) is 12.4. The fourth-order valence-corrected chi connectivity index (χ4v) is 3.15. The summed E-state index contributed by atoms with van der Waals surface area (Å²) in [6, 6.07) is 25.3. The van der Waals surface area contributed by atoms with Gasteiger partial charge in [0.2, 0.25) is 0 Å². The number of hydrogen-bond donors (Lipinski definition) is 2. The van der Waals surface area contributed by atoms with Crippen molar-refractivity contribution in [3.05, 3.63) is 95.6 Å². The third-order valence-electron chi connectivity index (χ3n) is 4.46. The fraction of sp³-hybridized carbons (Fsp3) is 0.167. The predicted octanol–water partition coefficient (Wildman–Crippen LogP) is 5.13. The molecule has 0 saturated heterocycles. The molecule has 0 bridgehead atoms. The highest BCUT2D eigenvalue weighted by Gasteiger charge is 2.11. The van der Waals surface area contributed by atoms with Crippen molar-refractivity contribution in [3.63, 3.8) is 0 Å². The first-order valence-corrected chi connectivity index (χ1v) is 9.98. The first kappa shape index (κ1) is 20.6. The van der Waals surface area contributed by atoms with Gasteiger partial charge in [-0.15, -0.1) is 0 Å². The third kappa shape index (κ3) is 6.16. The molecule has 3 aromatic rings. The first-order chi connectivity index (χ1) is 14.1. The van der Waals surface area contributed by atoms with Crippen LogP contribution in [0.1, 0.15) is 27.9 Å². The molecule has 29 heavy (non-hydrogen) atoms. The quantitative estimate of drug-likeness (QED) is 0.423. The second kappa shape index (κ2) is 10.4. The number of anilines is 1. The minimum atomic E-state index is -0.234. The van der Waals surface area contributed by atoms with E-state index in [-0.39, 0.29) is 11.0 Å². The van der Waals surface area contributed by atoms with Gasteiger partial charge in [0.15, 0.2) is 5.11 Å². The number of aryl methyl sites for hydroxylation is 2. The van der Waals surface area contributed by atoms with Crippen LogP contribution in [0.15, 0.2) is 78.9 Å². The molecule has 5 heteroatoms. The summed E-state index contributed by atoms with van der Waals surface area (Å²) in [6.45, 7) is 2.49. The van der Waals surface area contributed by atoms with Gasteiger partial charge in [0.05, 0.1) is 12.3 Å². The number of nitrogens with one attached hydrogen (secondary N) is 2. The molecule has 0 aromatic heterocycles. The number of amides is 1. The highest BCUT2D eigenvalue weighted by Crippen LogP contribution is 2.24. The van der Waals surface area contributed by atoms with Crippen molar-refractivity contribution in [2.45, 2.75) is 19.8 Å². The van der Waals surface area contributed by atoms with E-state index >= 15 is 0 Å². The van der Waals surface area contributed by atoms with E-state index < -0.39 is 0 Å². The van der Waals surface area contributed by atoms with E-state index in [1.54, 1.807) is 6.07 Å². The number of carbonyl (C=O) groups is 1. The average molecular weight is 405 g/mol. The molecule has 2 N–H and O–H groups in total. The van der Waals surface area contributed by atoms with Crippen molar-refractivity contribution in [1.82, 2.24) is 5.32 Å². The van der Waals surface area contributed by atoms with Crippen molar-refractivity contribution in [1.29, 1.82) is 0 Å². The third-order valence-corrected chi connectivity index (χ3v) is 4.67. The van der Waals surface area contributed by atoms with Gasteiger partial charge >= 0.3 is 0 Å². The lowest BCUT2D eigenvalue weighted by molar-refractivity contribution is 0.0977. The SMILES string of the molecule is Cc1ccccc1C(=O)NC(=S)Nc1ccccc1OCCCc1ccccc1. The molecular weight excluding hydrogens is 380 g/mol. The Kier molecular flexibility index (Phi) is 7.36. The van der Waals surface area contributed by atoms with Crippen LogP contribution >= 0.6 is 12.2 Å². The molecule has 3 aromatic carbocycles. The second-order valence-electron chi connectivity index (χ2n) is 6.66. The van der Waals surface area contributed by atoms with E-state index in [1.165, 1.54) is 5.56 Å². The summed E-state index contributed by atoms with van der Waals surface area (Å²) in [5.74, 6) is 0.468. The highest BCUT2D eigenvalue weighted by molar-refractivity contribution is 7.80. The Morgan fingerprint density at radius 1 is 0.931 bits per heavy atom. The number of rotatable bonds is 7. The Hall–Kier alpha value is -3.18. The van der Waals surface area contributed by atoms with E-state index in [1.807, 2.05) is 67.6 Å². The number of carbonyl (C=O) groups excluding carboxylic acids is 1. The summed E-state index contributed by atoms with van der Waals surface area (Å²) in [6.07, 6.45) is 1.87. The summed E-state index contributed by atoms with van der Waals surface area (Å²) >= 11 is 5.32. The predicted molar refractivity (Wildman–Crippen MR) is 122 cm³/mol. The fourth-order valence-electron chi connectivity index (χ4n) is 2.95. The maximum absolute atomic E-state index is 12.4. The largest absolute Gasteiger partial charge is 0.491 e. The standard InChI is InChI=1S/C24H24N2O2S/c1-18-10-5-6-14-20(18)23(27)26-24(29)25-21-15-7-8-16-22(21)28-17-9-13-19-11-3-2-4-12-19/h2-8,10-12,14-16H,9,13,17H2,1H3,(H2,25,26,27,29). The molecule has 0 heterocycles. The maximum atomic E-state index is 12.4. The Morgan fingerprint density at radius 2 is 1.62 bits per heavy atom. The summed E-state index contributed by atoms with van der Waals surface area (Å²) in [5.41, 5.74) is 3.52. The van der Waals surface area contributed by atoms with E-state index in [2.05, 4.69) is 22.8 Å². The van der Waals surface area contributed by atoms with Crippen LogP contribution in [0.25, 0.3) is 0 Å². The van der Waals surface area contributed by atoms with Gasteiger partial charge in [0.1, 0.15) is 5.75 Å². The zero-order valence-corrected chi connectivity index (χ0v) is 17.2. The summed E-state index contributed by atoms with van der Waals surface area (Å²) in [7, 11) is 0. The minimum Gasteiger partial charge on any atom is -0.491 e. The van der Waals surface area contributed by atoms with E-state index in [0.29, 0.717) is 17.9 Å². The second-order valence-corrected chi connectivity index (χ2v) is 7.07. The van der Waals surface area contributed by atoms with Gasteiger partial charge in [-0.25, -0.2) is 0 Å². The van der Waals surface area contributed by atoms with Gasteiger partial charge in [-0.3, -0.25) is 10.1 Å². The molecule has 1 amide bonds. The van der Waals surface area contributed by atoms with E-state index in [4.69, 9.17) is 17.0 Å². The molecule has 0 fully saturated rings. The van der Waals surface area contributed by atoms with E-state index in [9.17, 15) is 4.79 Å². The molecule has 0 unspecified atom stereocenters. The number of thiocarbonyl (C=S) groups is 1. The van der Waals surface area contributed by atoms with Gasteiger partial charge in [-0.1, -0.05) is 60.7 Å². The summed E-state index contributed by atoms with van der Waals surface area (Å²) < 4.78 is 5.93. The smallest absolute Gasteiger partial charge is 0.257 e. The van der Waals surface area contributed by atoms with Crippen LogP contribution in [-0.4, -0.2) is 17.6 Å². The summed E-state index contributed by atoms with van der Waals surface area (Å²) in [5, 5.41) is 6.03. The van der Waals surface area contributed by atoms with Crippen LogP contribution in [0.5, 0.6) is 5.75 Å². The van der Waals surface area contributed by atoms with Gasteiger partial charge in [0, 0.05) is 5.56 Å². The Bertz CT molecular complexity index is 973. The minimum absolute atomic E-state index is 0.234. The van der Waals surface area contributed by atoms with Crippen molar-refractivity contribution < 1.29 is 9.53 Å². The number of ether oxygens (including phenoxy) is 1.